The minimum atomic E-state index is -0.204. The molecule has 0 radical (unpaired) electrons. The number of nitrogens with zero attached hydrogens (tertiary/aromatic N) is 4. The lowest BCUT2D eigenvalue weighted by atomic mass is 10.1. The highest BCUT2D eigenvalue weighted by molar-refractivity contribution is 5.89. The Balaban J connectivity index is 1.77. The molecule has 0 bridgehead atoms. The molecule has 3 heterocycles. The summed E-state index contributed by atoms with van der Waals surface area (Å²) >= 11 is 0. The van der Waals surface area contributed by atoms with Gasteiger partial charge in [0.15, 0.2) is 0 Å². The second-order valence-electron chi connectivity index (χ2n) is 6.91. The van der Waals surface area contributed by atoms with Crippen LogP contribution < -0.4 is 15.8 Å². The standard InChI is InChI=1S/C18H22N6O/c19-11-12-5-4-6-14(12)21-16-13-7-8-20-17(25)15(13)22-18(23-16)24-9-2-1-3-10-24/h7-8,12,14H,1-6,9-10H2,(H,20,25)(H,21,22,23). The molecule has 0 spiro atoms. The van der Waals surface area contributed by atoms with Crippen LogP contribution in [0.2, 0.25) is 0 Å². The van der Waals surface area contributed by atoms with Crippen molar-refractivity contribution in [2.24, 2.45) is 5.92 Å². The van der Waals surface area contributed by atoms with Crippen molar-refractivity contribution in [2.75, 3.05) is 23.3 Å². The Hall–Kier alpha value is -2.62. The maximum absolute atomic E-state index is 12.3. The molecule has 0 aromatic carbocycles. The van der Waals surface area contributed by atoms with Gasteiger partial charge >= 0.3 is 0 Å². The van der Waals surface area contributed by atoms with E-state index in [0.29, 0.717) is 22.7 Å². The van der Waals surface area contributed by atoms with Crippen LogP contribution >= 0.6 is 0 Å². The highest BCUT2D eigenvalue weighted by Gasteiger charge is 2.28. The molecule has 7 heteroatoms. The van der Waals surface area contributed by atoms with Gasteiger partial charge in [-0.1, -0.05) is 0 Å². The monoisotopic (exact) mass is 338 g/mol. The van der Waals surface area contributed by atoms with Crippen LogP contribution in [0.4, 0.5) is 11.8 Å². The SMILES string of the molecule is N#CC1CCCC1Nc1nc(N2CCCCC2)nc2c(=O)[nH]ccc12. The first-order chi connectivity index (χ1) is 12.3. The van der Waals surface area contributed by atoms with Crippen LogP contribution in [0.3, 0.4) is 0 Å². The number of rotatable bonds is 3. The Morgan fingerprint density at radius 2 is 2.04 bits per heavy atom. The highest BCUT2D eigenvalue weighted by atomic mass is 16.1. The Kier molecular flexibility index (Phi) is 4.26. The van der Waals surface area contributed by atoms with E-state index < -0.39 is 0 Å². The zero-order valence-corrected chi connectivity index (χ0v) is 14.2. The van der Waals surface area contributed by atoms with E-state index in [1.165, 1.54) is 6.42 Å². The van der Waals surface area contributed by atoms with E-state index in [9.17, 15) is 10.1 Å². The summed E-state index contributed by atoms with van der Waals surface area (Å²) in [4.78, 5) is 26.4. The van der Waals surface area contributed by atoms with Gasteiger partial charge in [0.05, 0.1) is 12.0 Å². The molecule has 0 amide bonds. The van der Waals surface area contributed by atoms with Crippen LogP contribution in [-0.2, 0) is 0 Å². The average Bonchev–Trinajstić information content (AvgIpc) is 3.10. The van der Waals surface area contributed by atoms with Gasteiger partial charge in [-0.25, -0.2) is 4.98 Å². The van der Waals surface area contributed by atoms with Crippen LogP contribution in [0.5, 0.6) is 0 Å². The van der Waals surface area contributed by atoms with Crippen LogP contribution in [-0.4, -0.2) is 34.1 Å². The van der Waals surface area contributed by atoms with Gasteiger partial charge in [0.2, 0.25) is 5.95 Å². The third-order valence-corrected chi connectivity index (χ3v) is 5.26. The second-order valence-corrected chi connectivity index (χ2v) is 6.91. The smallest absolute Gasteiger partial charge is 0.274 e. The van der Waals surface area contributed by atoms with Gasteiger partial charge < -0.3 is 15.2 Å². The first kappa shape index (κ1) is 15.9. The van der Waals surface area contributed by atoms with Crippen molar-refractivity contribution in [3.63, 3.8) is 0 Å². The van der Waals surface area contributed by atoms with Gasteiger partial charge in [0.25, 0.3) is 5.56 Å². The van der Waals surface area contributed by atoms with Crippen LogP contribution in [0.25, 0.3) is 10.9 Å². The Morgan fingerprint density at radius 1 is 1.20 bits per heavy atom. The van der Waals surface area contributed by atoms with Crippen LogP contribution in [0.15, 0.2) is 17.1 Å². The molecule has 1 aliphatic heterocycles. The number of hydrogen-bond acceptors (Lipinski definition) is 6. The number of pyridine rings is 1. The molecule has 2 aromatic heterocycles. The van der Waals surface area contributed by atoms with E-state index in [1.807, 2.05) is 6.07 Å². The van der Waals surface area contributed by atoms with Gasteiger partial charge in [0, 0.05) is 30.7 Å². The van der Waals surface area contributed by atoms with Crippen LogP contribution in [0.1, 0.15) is 38.5 Å². The summed E-state index contributed by atoms with van der Waals surface area (Å²) < 4.78 is 0. The van der Waals surface area contributed by atoms with Crippen molar-refractivity contribution in [3.8, 4) is 6.07 Å². The largest absolute Gasteiger partial charge is 0.365 e. The number of aromatic nitrogens is 3. The van der Waals surface area contributed by atoms with Crippen molar-refractivity contribution in [2.45, 2.75) is 44.6 Å². The predicted molar refractivity (Wildman–Crippen MR) is 96.6 cm³/mol. The number of nitrogens with one attached hydrogen (secondary N) is 2. The summed E-state index contributed by atoms with van der Waals surface area (Å²) in [6.45, 7) is 1.83. The lowest BCUT2D eigenvalue weighted by Gasteiger charge is -2.27. The quantitative estimate of drug-likeness (QED) is 0.892. The van der Waals surface area contributed by atoms with Gasteiger partial charge in [-0.15, -0.1) is 0 Å². The third kappa shape index (κ3) is 3.04. The van der Waals surface area contributed by atoms with Crippen LogP contribution in [0, 0.1) is 17.2 Å². The fourth-order valence-electron chi connectivity index (χ4n) is 3.87. The van der Waals surface area contributed by atoms with Crippen molar-refractivity contribution in [1.29, 1.82) is 5.26 Å². The molecule has 1 saturated heterocycles. The molecule has 2 fully saturated rings. The number of hydrogen-bond donors (Lipinski definition) is 2. The minimum Gasteiger partial charge on any atom is -0.365 e. The lowest BCUT2D eigenvalue weighted by molar-refractivity contribution is 0.568. The summed E-state index contributed by atoms with van der Waals surface area (Å²) in [5.41, 5.74) is 0.205. The molecule has 2 unspecified atom stereocenters. The molecule has 2 N–H and O–H groups in total. The Labute approximate surface area is 146 Å². The number of piperidine rings is 1. The molecule has 4 rings (SSSR count). The van der Waals surface area contributed by atoms with E-state index in [4.69, 9.17) is 4.98 Å². The number of nitriles is 1. The van der Waals surface area contributed by atoms with Gasteiger partial charge in [-0.3, -0.25) is 4.79 Å². The van der Waals surface area contributed by atoms with E-state index >= 15 is 0 Å². The van der Waals surface area contributed by atoms with Gasteiger partial charge in [0.1, 0.15) is 11.3 Å². The fraction of sp³-hybridized carbons (Fsp3) is 0.556. The normalized spacial score (nSPS) is 23.6. The van der Waals surface area contributed by atoms with E-state index in [2.05, 4.69) is 26.3 Å². The summed E-state index contributed by atoms with van der Waals surface area (Å²) in [5.74, 6) is 1.27. The second kappa shape index (κ2) is 6.71. The predicted octanol–water partition coefficient (Wildman–Crippen LogP) is 2.41. The maximum Gasteiger partial charge on any atom is 0.274 e. The summed E-state index contributed by atoms with van der Waals surface area (Å²) in [5, 5.41) is 13.5. The average molecular weight is 338 g/mol. The first-order valence-electron chi connectivity index (χ1n) is 9.07. The topological polar surface area (TPSA) is 97.7 Å². The lowest BCUT2D eigenvalue weighted by Crippen LogP contribution is -2.32. The van der Waals surface area contributed by atoms with Crippen molar-refractivity contribution >= 4 is 22.7 Å². The summed E-state index contributed by atoms with van der Waals surface area (Å²) in [7, 11) is 0. The Morgan fingerprint density at radius 3 is 2.84 bits per heavy atom. The molecule has 7 nitrogen and oxygen atoms in total. The zero-order valence-electron chi connectivity index (χ0n) is 14.2. The summed E-state index contributed by atoms with van der Waals surface area (Å²) in [6, 6.07) is 4.30. The van der Waals surface area contributed by atoms with Gasteiger partial charge in [-0.2, -0.15) is 10.2 Å². The highest BCUT2D eigenvalue weighted by Crippen LogP contribution is 2.30. The number of aromatic amines is 1. The van der Waals surface area contributed by atoms with Crippen molar-refractivity contribution in [3.05, 3.63) is 22.6 Å². The molecular weight excluding hydrogens is 316 g/mol. The maximum atomic E-state index is 12.3. The van der Waals surface area contributed by atoms with E-state index in [1.54, 1.807) is 6.20 Å². The molecular formula is C18H22N6O. The Bertz CT molecular complexity index is 864. The first-order valence-corrected chi connectivity index (χ1v) is 9.07. The van der Waals surface area contributed by atoms with E-state index in [0.717, 1.165) is 45.2 Å². The van der Waals surface area contributed by atoms with Crippen molar-refractivity contribution in [1.82, 2.24) is 15.0 Å². The molecule has 2 aromatic rings. The number of fused-ring (bicyclic) bond motifs is 1. The van der Waals surface area contributed by atoms with Crippen molar-refractivity contribution < 1.29 is 0 Å². The fourth-order valence-corrected chi connectivity index (χ4v) is 3.87. The zero-order chi connectivity index (χ0) is 17.2. The third-order valence-electron chi connectivity index (χ3n) is 5.26. The van der Waals surface area contributed by atoms with E-state index in [-0.39, 0.29) is 17.5 Å². The number of H-pyrrole nitrogens is 1. The molecule has 25 heavy (non-hydrogen) atoms. The molecule has 130 valence electrons. The number of anilines is 2. The molecule has 1 saturated carbocycles. The molecule has 2 aliphatic rings. The molecule has 2 atom stereocenters. The minimum absolute atomic E-state index is 0.00884. The molecule has 1 aliphatic carbocycles. The summed E-state index contributed by atoms with van der Waals surface area (Å²) in [6.07, 6.45) is 7.99. The van der Waals surface area contributed by atoms with Gasteiger partial charge in [-0.05, 0) is 44.6 Å².